The van der Waals surface area contributed by atoms with Crippen LogP contribution in [0.5, 0.6) is 0 Å². The van der Waals surface area contributed by atoms with Crippen LogP contribution in [0.4, 0.5) is 0 Å². The van der Waals surface area contributed by atoms with E-state index in [9.17, 15) is 29.4 Å². The van der Waals surface area contributed by atoms with Crippen molar-refractivity contribution in [2.45, 2.75) is 57.7 Å². The molecule has 0 radical (unpaired) electrons. The van der Waals surface area contributed by atoms with E-state index >= 15 is 0 Å². The number of ketones is 2. The number of aliphatic hydroxyl groups is 2. The van der Waals surface area contributed by atoms with Crippen LogP contribution in [-0.2, 0) is 28.5 Å². The van der Waals surface area contributed by atoms with Crippen molar-refractivity contribution in [2.24, 2.45) is 0 Å². The molecule has 1 aromatic heterocycles. The maximum Gasteiger partial charge on any atom is 0.330 e. The number of Topliss-reactive ketones (excluding diaryl/α,β-unsaturated/α-hetero) is 2. The lowest BCUT2D eigenvalue weighted by Crippen LogP contribution is -2.42. The summed E-state index contributed by atoms with van der Waals surface area (Å²) in [6.45, 7) is 0.734. The monoisotopic (exact) mass is 430 g/mol. The number of ether oxygens (including phenoxy) is 4. The fourth-order valence-electron chi connectivity index (χ4n) is 2.72. The quantitative estimate of drug-likeness (QED) is 0.330. The van der Waals surface area contributed by atoms with Gasteiger partial charge in [0, 0.05) is 25.1 Å². The minimum Gasteiger partial charge on any atom is -0.394 e. The first-order valence-corrected chi connectivity index (χ1v) is 9.36. The number of rotatable bonds is 12. The Bertz CT molecular complexity index is 815. The van der Waals surface area contributed by atoms with Gasteiger partial charge in [-0.15, -0.1) is 0 Å². The Labute approximate surface area is 171 Å². The van der Waals surface area contributed by atoms with Crippen LogP contribution in [0.15, 0.2) is 21.9 Å². The highest BCUT2D eigenvalue weighted by molar-refractivity contribution is 5.75. The zero-order valence-corrected chi connectivity index (χ0v) is 16.7. The lowest BCUT2D eigenvalue weighted by Gasteiger charge is -2.27. The van der Waals surface area contributed by atoms with Crippen LogP contribution in [0.25, 0.3) is 0 Å². The van der Waals surface area contributed by atoms with Gasteiger partial charge in [-0.05, 0) is 13.8 Å². The van der Waals surface area contributed by atoms with E-state index in [1.165, 1.54) is 13.8 Å². The van der Waals surface area contributed by atoms with Crippen molar-refractivity contribution in [1.29, 1.82) is 0 Å². The standard InChI is InChI=1S/C18H26N2O10/c1-10(22)4-7-27-18(28-8-5-11(2)23)30-15-14(25)12(9-21)29-16(15)20-6-3-13(24)19-17(20)26/h3,6,12,14-16,18,21,25H,4-5,7-9H2,1-2H3,(H,19,24,26)/t12-,14-,15-,16-/m1/s1. The minimum absolute atomic E-state index is 0.0452. The van der Waals surface area contributed by atoms with E-state index in [4.69, 9.17) is 18.9 Å². The maximum atomic E-state index is 12.1. The van der Waals surface area contributed by atoms with Gasteiger partial charge in [0.15, 0.2) is 6.23 Å². The first-order chi connectivity index (χ1) is 14.2. The number of aromatic nitrogens is 2. The summed E-state index contributed by atoms with van der Waals surface area (Å²) in [4.78, 5) is 47.8. The third kappa shape index (κ3) is 6.65. The smallest absolute Gasteiger partial charge is 0.330 e. The number of carbonyl (C=O) groups excluding carboxylic acids is 2. The topological polar surface area (TPSA) is 166 Å². The fourth-order valence-corrected chi connectivity index (χ4v) is 2.72. The van der Waals surface area contributed by atoms with E-state index in [0.29, 0.717) is 0 Å². The van der Waals surface area contributed by atoms with Crippen molar-refractivity contribution in [2.75, 3.05) is 19.8 Å². The summed E-state index contributed by atoms with van der Waals surface area (Å²) in [6, 6.07) is 1.09. The normalized spacial score (nSPS) is 23.8. The Morgan fingerprint density at radius 2 is 1.80 bits per heavy atom. The Morgan fingerprint density at radius 1 is 1.20 bits per heavy atom. The van der Waals surface area contributed by atoms with E-state index in [0.717, 1.165) is 16.8 Å². The number of hydrogen-bond acceptors (Lipinski definition) is 10. The third-order valence-corrected chi connectivity index (χ3v) is 4.30. The van der Waals surface area contributed by atoms with Gasteiger partial charge in [-0.25, -0.2) is 4.79 Å². The van der Waals surface area contributed by atoms with Gasteiger partial charge in [0.05, 0.1) is 19.8 Å². The summed E-state index contributed by atoms with van der Waals surface area (Å²) in [5.74, 6) is -0.250. The van der Waals surface area contributed by atoms with Crippen LogP contribution in [-0.4, -0.2) is 75.9 Å². The number of nitrogens with one attached hydrogen (secondary N) is 1. The van der Waals surface area contributed by atoms with Crippen LogP contribution < -0.4 is 11.2 Å². The lowest BCUT2D eigenvalue weighted by atomic mass is 10.1. The molecule has 1 fully saturated rings. The fraction of sp³-hybridized carbons (Fsp3) is 0.667. The molecule has 2 rings (SSSR count). The number of nitrogens with zero attached hydrogens (tertiary/aromatic N) is 1. The highest BCUT2D eigenvalue weighted by atomic mass is 16.9. The van der Waals surface area contributed by atoms with Gasteiger partial charge in [0.2, 0.25) is 0 Å². The highest BCUT2D eigenvalue weighted by Crippen LogP contribution is 2.31. The average Bonchev–Trinajstić information content (AvgIpc) is 2.96. The molecular weight excluding hydrogens is 404 g/mol. The van der Waals surface area contributed by atoms with Crippen molar-refractivity contribution in [3.05, 3.63) is 33.1 Å². The van der Waals surface area contributed by atoms with Crippen LogP contribution in [0, 0.1) is 0 Å². The molecule has 0 bridgehead atoms. The Hall–Kier alpha value is -2.22. The first kappa shape index (κ1) is 24.1. The summed E-state index contributed by atoms with van der Waals surface area (Å²) >= 11 is 0. The van der Waals surface area contributed by atoms with E-state index in [1.54, 1.807) is 0 Å². The molecule has 12 heteroatoms. The molecule has 1 aliphatic heterocycles. The summed E-state index contributed by atoms with van der Waals surface area (Å²) < 4.78 is 23.0. The largest absolute Gasteiger partial charge is 0.394 e. The third-order valence-electron chi connectivity index (χ3n) is 4.30. The molecule has 12 nitrogen and oxygen atoms in total. The maximum absolute atomic E-state index is 12.1. The van der Waals surface area contributed by atoms with E-state index in [1.807, 2.05) is 0 Å². The molecule has 0 unspecified atom stereocenters. The first-order valence-electron chi connectivity index (χ1n) is 9.36. The molecule has 4 atom stereocenters. The van der Waals surface area contributed by atoms with Gasteiger partial charge in [0.1, 0.15) is 29.9 Å². The Morgan fingerprint density at radius 3 is 2.30 bits per heavy atom. The second kappa shape index (κ2) is 11.2. The van der Waals surface area contributed by atoms with Crippen molar-refractivity contribution in [3.8, 4) is 0 Å². The zero-order chi connectivity index (χ0) is 22.3. The molecule has 1 aliphatic rings. The lowest BCUT2D eigenvalue weighted by molar-refractivity contribution is -0.317. The average molecular weight is 430 g/mol. The Kier molecular flexibility index (Phi) is 9.02. The molecule has 0 aliphatic carbocycles. The van der Waals surface area contributed by atoms with Crippen LogP contribution >= 0.6 is 0 Å². The predicted octanol–water partition coefficient (Wildman–Crippen LogP) is -1.55. The summed E-state index contributed by atoms with van der Waals surface area (Å²) in [5.41, 5.74) is -1.43. The van der Waals surface area contributed by atoms with Crippen molar-refractivity contribution in [1.82, 2.24) is 9.55 Å². The molecule has 30 heavy (non-hydrogen) atoms. The Balaban J connectivity index is 2.20. The van der Waals surface area contributed by atoms with Gasteiger partial charge in [-0.1, -0.05) is 0 Å². The molecule has 1 saturated heterocycles. The molecule has 0 amide bonds. The molecule has 1 aromatic rings. The van der Waals surface area contributed by atoms with Gasteiger partial charge < -0.3 is 29.2 Å². The second-order valence-electron chi connectivity index (χ2n) is 6.79. The summed E-state index contributed by atoms with van der Waals surface area (Å²) in [7, 11) is 0. The van der Waals surface area contributed by atoms with Gasteiger partial charge in [0.25, 0.3) is 12.0 Å². The van der Waals surface area contributed by atoms with Crippen LogP contribution in [0.1, 0.15) is 32.9 Å². The number of aliphatic hydroxyl groups excluding tert-OH is 2. The molecule has 0 saturated carbocycles. The predicted molar refractivity (Wildman–Crippen MR) is 99.5 cm³/mol. The van der Waals surface area contributed by atoms with Crippen molar-refractivity contribution in [3.63, 3.8) is 0 Å². The summed E-state index contributed by atoms with van der Waals surface area (Å²) in [6.07, 6.45) is -3.55. The molecular formula is C18H26N2O10. The SMILES string of the molecule is CC(=O)CCOC(OCCC(C)=O)O[C@@H]1[C@H](O)[C@@H](CO)O[C@H]1n1ccc(=O)[nH]c1=O. The summed E-state index contributed by atoms with van der Waals surface area (Å²) in [5, 5.41) is 19.9. The molecule has 0 spiro atoms. The number of hydrogen-bond donors (Lipinski definition) is 3. The van der Waals surface area contributed by atoms with Gasteiger partial charge in [-0.3, -0.25) is 23.9 Å². The number of aromatic amines is 1. The minimum atomic E-state index is -1.38. The van der Waals surface area contributed by atoms with Crippen LogP contribution in [0.3, 0.4) is 0 Å². The van der Waals surface area contributed by atoms with Gasteiger partial charge >= 0.3 is 5.69 Å². The zero-order valence-electron chi connectivity index (χ0n) is 16.7. The molecule has 0 aromatic carbocycles. The molecule has 168 valence electrons. The van der Waals surface area contributed by atoms with E-state index in [2.05, 4.69) is 4.98 Å². The van der Waals surface area contributed by atoms with E-state index < -0.39 is 48.9 Å². The second-order valence-corrected chi connectivity index (χ2v) is 6.79. The highest BCUT2D eigenvalue weighted by Gasteiger charge is 2.47. The number of carbonyl (C=O) groups is 2. The number of H-pyrrole nitrogens is 1. The van der Waals surface area contributed by atoms with Crippen LogP contribution in [0.2, 0.25) is 0 Å². The molecule has 3 N–H and O–H groups in total. The van der Waals surface area contributed by atoms with E-state index in [-0.39, 0.29) is 37.6 Å². The van der Waals surface area contributed by atoms with Gasteiger partial charge in [-0.2, -0.15) is 0 Å². The molecule has 2 heterocycles. The van der Waals surface area contributed by atoms with Crippen molar-refractivity contribution >= 4 is 11.6 Å². The van der Waals surface area contributed by atoms with Crippen molar-refractivity contribution < 1.29 is 38.7 Å².